The average Bonchev–Trinajstić information content (AvgIpc) is 3.76. The summed E-state index contributed by atoms with van der Waals surface area (Å²) in [6.07, 6.45) is 6.67. The monoisotopic (exact) mass is 667 g/mol. The van der Waals surface area contributed by atoms with Crippen molar-refractivity contribution in [2.75, 3.05) is 0 Å². The molecule has 6 nitrogen and oxygen atoms in total. The Kier molecular flexibility index (Phi) is 6.90. The lowest BCUT2D eigenvalue weighted by molar-refractivity contribution is 0.669. The fourth-order valence-electron chi connectivity index (χ4n) is 7.42. The highest BCUT2D eigenvalue weighted by molar-refractivity contribution is 6.05. The lowest BCUT2D eigenvalue weighted by Crippen LogP contribution is -2.00. The van der Waals surface area contributed by atoms with Crippen LogP contribution in [0.2, 0.25) is 0 Å². The van der Waals surface area contributed by atoms with Crippen LogP contribution in [0.4, 0.5) is 0 Å². The third-order valence-electron chi connectivity index (χ3n) is 9.98. The van der Waals surface area contributed by atoms with Gasteiger partial charge in [-0.05, 0) is 96.3 Å². The smallest absolute Gasteiger partial charge is 0.164 e. The maximum Gasteiger partial charge on any atom is 0.164 e. The second kappa shape index (κ2) is 12.0. The van der Waals surface area contributed by atoms with E-state index >= 15 is 0 Å². The second-order valence-electron chi connectivity index (χ2n) is 13.1. The molecule has 0 radical (unpaired) electrons. The highest BCUT2D eigenvalue weighted by Crippen LogP contribution is 2.36. The predicted octanol–water partition coefficient (Wildman–Crippen LogP) is 11.2. The highest BCUT2D eigenvalue weighted by atomic mass is 16.3. The molecule has 52 heavy (non-hydrogen) atoms. The average molecular weight is 668 g/mol. The maximum absolute atomic E-state index is 9.38. The van der Waals surface area contributed by atoms with E-state index in [-0.39, 0.29) is 0 Å². The summed E-state index contributed by atoms with van der Waals surface area (Å²) in [7, 11) is 0. The van der Waals surface area contributed by atoms with Crippen molar-refractivity contribution in [3.63, 3.8) is 0 Å². The van der Waals surface area contributed by atoms with Gasteiger partial charge in [0, 0.05) is 44.2 Å². The van der Waals surface area contributed by atoms with E-state index in [4.69, 9.17) is 19.4 Å². The maximum atomic E-state index is 9.38. The van der Waals surface area contributed by atoms with Crippen LogP contribution in [0.15, 0.2) is 150 Å². The first-order valence-electron chi connectivity index (χ1n) is 17.4. The number of aryl methyl sites for hydroxylation is 1. The Balaban J connectivity index is 1.05. The number of nitrogens with zero attached hydrogens (tertiary/aromatic N) is 5. The van der Waals surface area contributed by atoms with Crippen LogP contribution in [0.25, 0.3) is 89.9 Å². The standard InChI is InChI=1S/C46H29N5O/c47-28-29-16-18-31(19-17-29)44-48-45(50-46(49-44)34-24-25-39-38-12-3-6-15-42(38)52-43(39)27-34)32-22-20-30(21-23-32)33-8-7-9-35(26-33)51-40-13-4-1-10-36(40)37-11-2-5-14-41(37)51/h1,3-10,12-27H,2,11H2. The van der Waals surface area contributed by atoms with Gasteiger partial charge in [-0.3, -0.25) is 0 Å². The van der Waals surface area contributed by atoms with Crippen molar-refractivity contribution in [2.24, 2.45) is 0 Å². The van der Waals surface area contributed by atoms with Crippen molar-refractivity contribution in [1.29, 1.82) is 5.26 Å². The van der Waals surface area contributed by atoms with E-state index in [1.54, 1.807) is 12.1 Å². The van der Waals surface area contributed by atoms with Gasteiger partial charge >= 0.3 is 0 Å². The number of aromatic nitrogens is 4. The third-order valence-corrected chi connectivity index (χ3v) is 9.98. The second-order valence-corrected chi connectivity index (χ2v) is 13.1. The molecule has 6 heteroatoms. The first kappa shape index (κ1) is 29.8. The topological polar surface area (TPSA) is 80.5 Å². The van der Waals surface area contributed by atoms with Gasteiger partial charge in [-0.15, -0.1) is 0 Å². The van der Waals surface area contributed by atoms with Gasteiger partial charge in [-0.1, -0.05) is 84.9 Å². The molecule has 0 unspecified atom stereocenters. The number of furan rings is 1. The van der Waals surface area contributed by atoms with Crippen LogP contribution in [-0.2, 0) is 6.42 Å². The van der Waals surface area contributed by atoms with Crippen molar-refractivity contribution in [1.82, 2.24) is 19.5 Å². The molecule has 10 rings (SSSR count). The number of benzene rings is 6. The molecule has 0 aliphatic heterocycles. The third kappa shape index (κ3) is 4.99. The molecule has 6 aromatic carbocycles. The SMILES string of the molecule is N#Cc1ccc(-c2nc(-c3ccc(-c4cccc(-n5c6c(c7ccccc75)CCC=C6)c4)cc3)nc(-c3ccc4c(c3)oc3ccccc34)n2)cc1. The predicted molar refractivity (Wildman–Crippen MR) is 208 cm³/mol. The molecule has 0 fully saturated rings. The highest BCUT2D eigenvalue weighted by Gasteiger charge is 2.19. The largest absolute Gasteiger partial charge is 0.456 e. The number of hydrogen-bond donors (Lipinski definition) is 0. The number of para-hydroxylation sites is 2. The van der Waals surface area contributed by atoms with Gasteiger partial charge in [-0.2, -0.15) is 5.26 Å². The van der Waals surface area contributed by atoms with Crippen LogP contribution in [-0.4, -0.2) is 19.5 Å². The number of allylic oxidation sites excluding steroid dienone is 1. The van der Waals surface area contributed by atoms with Crippen molar-refractivity contribution < 1.29 is 4.42 Å². The van der Waals surface area contributed by atoms with Crippen molar-refractivity contribution in [3.05, 3.63) is 162 Å². The Morgan fingerprint density at radius 1 is 0.558 bits per heavy atom. The summed E-state index contributed by atoms with van der Waals surface area (Å²) in [5.74, 6) is 1.63. The molecule has 0 N–H and O–H groups in total. The molecule has 0 saturated heterocycles. The molecule has 244 valence electrons. The van der Waals surface area contributed by atoms with Gasteiger partial charge in [0.25, 0.3) is 0 Å². The summed E-state index contributed by atoms with van der Waals surface area (Å²) in [5.41, 5.74) is 12.0. The Morgan fingerprint density at radius 3 is 2.00 bits per heavy atom. The van der Waals surface area contributed by atoms with E-state index in [1.807, 2.05) is 42.5 Å². The molecule has 0 bridgehead atoms. The lowest BCUT2D eigenvalue weighted by atomic mass is 10.0. The molecular formula is C46H29N5O. The summed E-state index contributed by atoms with van der Waals surface area (Å²) in [5, 5.41) is 12.8. The van der Waals surface area contributed by atoms with E-state index in [0.717, 1.165) is 68.3 Å². The van der Waals surface area contributed by atoms with Gasteiger partial charge < -0.3 is 8.98 Å². The Hall–Kier alpha value is -7.10. The van der Waals surface area contributed by atoms with Crippen LogP contribution in [0.5, 0.6) is 0 Å². The molecule has 9 aromatic rings. The first-order chi connectivity index (χ1) is 25.7. The molecule has 0 atom stereocenters. The first-order valence-corrected chi connectivity index (χ1v) is 17.4. The van der Waals surface area contributed by atoms with Gasteiger partial charge in [-0.25, -0.2) is 15.0 Å². The van der Waals surface area contributed by atoms with Gasteiger partial charge in [0.15, 0.2) is 17.5 Å². The Morgan fingerprint density at radius 2 is 1.21 bits per heavy atom. The summed E-state index contributed by atoms with van der Waals surface area (Å²) in [6.45, 7) is 0. The number of fused-ring (bicyclic) bond motifs is 6. The fraction of sp³-hybridized carbons (Fsp3) is 0.0435. The van der Waals surface area contributed by atoms with E-state index in [1.165, 1.54) is 22.2 Å². The van der Waals surface area contributed by atoms with Crippen LogP contribution in [0.1, 0.15) is 23.2 Å². The summed E-state index contributed by atoms with van der Waals surface area (Å²) < 4.78 is 8.59. The number of nitriles is 1. The minimum Gasteiger partial charge on any atom is -0.456 e. The van der Waals surface area contributed by atoms with Gasteiger partial charge in [0.2, 0.25) is 0 Å². The Labute approximate surface area is 299 Å². The summed E-state index contributed by atoms with van der Waals surface area (Å²) in [6, 6.07) is 49.5. The quantitative estimate of drug-likeness (QED) is 0.182. The zero-order chi connectivity index (χ0) is 34.6. The van der Waals surface area contributed by atoms with Crippen molar-refractivity contribution in [2.45, 2.75) is 12.8 Å². The summed E-state index contributed by atoms with van der Waals surface area (Å²) >= 11 is 0. The van der Waals surface area contributed by atoms with E-state index in [9.17, 15) is 5.26 Å². The zero-order valence-electron chi connectivity index (χ0n) is 28.0. The molecule has 0 saturated carbocycles. The van der Waals surface area contributed by atoms with Crippen LogP contribution >= 0.6 is 0 Å². The zero-order valence-corrected chi connectivity index (χ0v) is 28.0. The normalized spacial score (nSPS) is 12.4. The van der Waals surface area contributed by atoms with Crippen LogP contribution < -0.4 is 0 Å². The molecule has 0 spiro atoms. The van der Waals surface area contributed by atoms with Gasteiger partial charge in [0.05, 0.1) is 17.1 Å². The molecule has 0 amide bonds. The van der Waals surface area contributed by atoms with Crippen LogP contribution in [0.3, 0.4) is 0 Å². The molecule has 3 heterocycles. The lowest BCUT2D eigenvalue weighted by Gasteiger charge is -2.13. The van der Waals surface area contributed by atoms with E-state index in [0.29, 0.717) is 23.0 Å². The van der Waals surface area contributed by atoms with Crippen LogP contribution in [0, 0.1) is 11.3 Å². The minimum absolute atomic E-state index is 0.530. The number of rotatable bonds is 5. The fourth-order valence-corrected chi connectivity index (χ4v) is 7.42. The van der Waals surface area contributed by atoms with E-state index < -0.39 is 0 Å². The van der Waals surface area contributed by atoms with Gasteiger partial charge in [0.1, 0.15) is 11.2 Å². The molecular weight excluding hydrogens is 639 g/mol. The molecule has 1 aliphatic carbocycles. The molecule has 3 aromatic heterocycles. The Bertz CT molecular complexity index is 2910. The van der Waals surface area contributed by atoms with Crippen molar-refractivity contribution >= 4 is 38.9 Å². The summed E-state index contributed by atoms with van der Waals surface area (Å²) in [4.78, 5) is 14.8. The molecule has 1 aliphatic rings. The minimum atomic E-state index is 0.530. The number of hydrogen-bond acceptors (Lipinski definition) is 5. The van der Waals surface area contributed by atoms with E-state index in [2.05, 4.69) is 108 Å². The van der Waals surface area contributed by atoms with Crippen molar-refractivity contribution in [3.8, 4) is 57.0 Å².